The normalized spacial score (nSPS) is 10.7. The molecule has 3 aromatic rings. The third-order valence-corrected chi connectivity index (χ3v) is 4.32. The third-order valence-electron chi connectivity index (χ3n) is 3.45. The largest absolute Gasteiger partial charge is 0.281 e. The van der Waals surface area contributed by atoms with E-state index in [4.69, 9.17) is 0 Å². The molecule has 0 atom stereocenters. The van der Waals surface area contributed by atoms with E-state index in [0.717, 1.165) is 17.0 Å². The molecule has 0 saturated carbocycles. The first-order chi connectivity index (χ1) is 12.3. The van der Waals surface area contributed by atoms with Crippen LogP contribution in [0.2, 0.25) is 0 Å². The van der Waals surface area contributed by atoms with Crippen molar-refractivity contribution < 1.29 is 4.79 Å². The van der Waals surface area contributed by atoms with Gasteiger partial charge < -0.3 is 0 Å². The summed E-state index contributed by atoms with van der Waals surface area (Å²) in [5.74, 6) is -0.153. The fourth-order valence-electron chi connectivity index (χ4n) is 2.24. The van der Waals surface area contributed by atoms with Gasteiger partial charge in [0.25, 0.3) is 5.91 Å². The topological polar surface area (TPSA) is 46.1 Å². The SMILES string of the molecule is C=CCN(C(=O)C=Cc1ccccn1)c1nc(-c2ccccc2)cs1. The van der Waals surface area contributed by atoms with Crippen LogP contribution in [0.4, 0.5) is 5.13 Å². The second kappa shape index (κ2) is 8.17. The molecule has 0 bridgehead atoms. The highest BCUT2D eigenvalue weighted by Gasteiger charge is 2.16. The minimum absolute atomic E-state index is 0.153. The Balaban J connectivity index is 1.81. The summed E-state index contributed by atoms with van der Waals surface area (Å²) in [5, 5.41) is 2.60. The lowest BCUT2D eigenvalue weighted by atomic mass is 10.2. The molecular weight excluding hydrogens is 330 g/mol. The second-order valence-corrected chi connectivity index (χ2v) is 6.04. The number of hydrogen-bond donors (Lipinski definition) is 0. The predicted molar refractivity (Wildman–Crippen MR) is 103 cm³/mol. The summed E-state index contributed by atoms with van der Waals surface area (Å²) in [5.41, 5.74) is 2.62. The highest BCUT2D eigenvalue weighted by molar-refractivity contribution is 7.14. The van der Waals surface area contributed by atoms with E-state index in [-0.39, 0.29) is 5.91 Å². The molecule has 25 heavy (non-hydrogen) atoms. The average molecular weight is 347 g/mol. The van der Waals surface area contributed by atoms with Crippen LogP contribution in [0, 0.1) is 0 Å². The Hall–Kier alpha value is -3.05. The van der Waals surface area contributed by atoms with Gasteiger partial charge in [0, 0.05) is 29.8 Å². The Bertz CT molecular complexity index is 872. The smallest absolute Gasteiger partial charge is 0.253 e. The molecule has 0 N–H and O–H groups in total. The van der Waals surface area contributed by atoms with E-state index >= 15 is 0 Å². The molecule has 3 rings (SSSR count). The summed E-state index contributed by atoms with van der Waals surface area (Å²) in [6.45, 7) is 4.13. The van der Waals surface area contributed by atoms with Crippen LogP contribution in [0.3, 0.4) is 0 Å². The number of hydrogen-bond acceptors (Lipinski definition) is 4. The monoisotopic (exact) mass is 347 g/mol. The van der Waals surface area contributed by atoms with Crippen molar-refractivity contribution in [1.82, 2.24) is 9.97 Å². The molecule has 0 saturated heterocycles. The Morgan fingerprint density at radius 1 is 1.16 bits per heavy atom. The van der Waals surface area contributed by atoms with Gasteiger partial charge >= 0.3 is 0 Å². The van der Waals surface area contributed by atoms with Crippen LogP contribution < -0.4 is 4.90 Å². The van der Waals surface area contributed by atoms with Gasteiger partial charge in [-0.25, -0.2) is 4.98 Å². The summed E-state index contributed by atoms with van der Waals surface area (Å²) < 4.78 is 0. The summed E-state index contributed by atoms with van der Waals surface area (Å²) in [7, 11) is 0. The molecule has 124 valence electrons. The summed E-state index contributed by atoms with van der Waals surface area (Å²) in [4.78, 5) is 23.0. The quantitative estimate of drug-likeness (QED) is 0.489. The fourth-order valence-corrected chi connectivity index (χ4v) is 3.09. The van der Waals surface area contributed by atoms with Gasteiger partial charge in [-0.1, -0.05) is 42.5 Å². The maximum absolute atomic E-state index is 12.6. The summed E-state index contributed by atoms with van der Waals surface area (Å²) >= 11 is 1.44. The lowest BCUT2D eigenvalue weighted by Crippen LogP contribution is -2.29. The third kappa shape index (κ3) is 4.28. The molecule has 0 aliphatic rings. The number of carbonyl (C=O) groups excluding carboxylic acids is 1. The van der Waals surface area contributed by atoms with Crippen LogP contribution in [0.15, 0.2) is 78.8 Å². The van der Waals surface area contributed by atoms with Crippen LogP contribution >= 0.6 is 11.3 Å². The van der Waals surface area contributed by atoms with Crippen LogP contribution in [-0.4, -0.2) is 22.4 Å². The summed E-state index contributed by atoms with van der Waals surface area (Å²) in [6, 6.07) is 15.5. The van der Waals surface area contributed by atoms with Gasteiger partial charge in [0.05, 0.1) is 11.4 Å². The molecule has 0 fully saturated rings. The van der Waals surface area contributed by atoms with Crippen LogP contribution in [0.1, 0.15) is 5.69 Å². The van der Waals surface area contributed by atoms with Crippen LogP contribution in [-0.2, 0) is 4.79 Å². The first-order valence-corrected chi connectivity index (χ1v) is 8.68. The van der Waals surface area contributed by atoms with Gasteiger partial charge in [-0.3, -0.25) is 14.7 Å². The Labute approximate surface area is 150 Å². The van der Waals surface area contributed by atoms with Gasteiger partial charge in [0.15, 0.2) is 5.13 Å². The highest BCUT2D eigenvalue weighted by atomic mass is 32.1. The zero-order chi connectivity index (χ0) is 17.5. The van der Waals surface area contributed by atoms with Gasteiger partial charge in [-0.2, -0.15) is 0 Å². The molecule has 1 aromatic carbocycles. The number of rotatable bonds is 6. The maximum atomic E-state index is 12.6. The van der Waals surface area contributed by atoms with Crippen molar-refractivity contribution in [1.29, 1.82) is 0 Å². The molecule has 5 heteroatoms. The van der Waals surface area contributed by atoms with E-state index in [1.165, 1.54) is 17.4 Å². The van der Waals surface area contributed by atoms with Gasteiger partial charge in [0.2, 0.25) is 0 Å². The van der Waals surface area contributed by atoms with Crippen molar-refractivity contribution in [3.05, 3.63) is 84.5 Å². The zero-order valence-corrected chi connectivity index (χ0v) is 14.4. The first-order valence-electron chi connectivity index (χ1n) is 7.80. The van der Waals surface area contributed by atoms with Gasteiger partial charge in [-0.15, -0.1) is 17.9 Å². The van der Waals surface area contributed by atoms with Crippen molar-refractivity contribution in [2.45, 2.75) is 0 Å². The van der Waals surface area contributed by atoms with Crippen molar-refractivity contribution in [3.63, 3.8) is 0 Å². The Kier molecular flexibility index (Phi) is 5.49. The zero-order valence-electron chi connectivity index (χ0n) is 13.6. The summed E-state index contributed by atoms with van der Waals surface area (Å²) in [6.07, 6.45) is 6.59. The van der Waals surface area contributed by atoms with E-state index < -0.39 is 0 Å². The van der Waals surface area contributed by atoms with E-state index in [1.54, 1.807) is 23.2 Å². The van der Waals surface area contributed by atoms with Gasteiger partial charge in [0.1, 0.15) is 0 Å². The standard InChI is InChI=1S/C20H17N3OS/c1-2-14-23(19(24)12-11-17-10-6-7-13-21-17)20-22-18(15-25-20)16-8-4-3-5-9-16/h2-13,15H,1,14H2. The first kappa shape index (κ1) is 16.8. The molecular formula is C20H17N3OS. The van der Waals surface area contributed by atoms with Crippen LogP contribution in [0.25, 0.3) is 17.3 Å². The fraction of sp³-hybridized carbons (Fsp3) is 0.0500. The van der Waals surface area contributed by atoms with E-state index in [9.17, 15) is 4.79 Å². The molecule has 2 heterocycles. The van der Waals surface area contributed by atoms with E-state index in [1.807, 2.05) is 53.9 Å². The second-order valence-electron chi connectivity index (χ2n) is 5.21. The number of aromatic nitrogens is 2. The highest BCUT2D eigenvalue weighted by Crippen LogP contribution is 2.27. The maximum Gasteiger partial charge on any atom is 0.253 e. The lowest BCUT2D eigenvalue weighted by Gasteiger charge is -2.15. The van der Waals surface area contributed by atoms with Crippen molar-refractivity contribution in [2.75, 3.05) is 11.4 Å². The molecule has 4 nitrogen and oxygen atoms in total. The molecule has 0 aliphatic carbocycles. The van der Waals surface area contributed by atoms with Gasteiger partial charge in [-0.05, 0) is 18.2 Å². The minimum Gasteiger partial charge on any atom is -0.281 e. The van der Waals surface area contributed by atoms with E-state index in [2.05, 4.69) is 16.5 Å². The molecule has 2 aromatic heterocycles. The average Bonchev–Trinajstić information content (AvgIpc) is 3.15. The number of nitrogens with zero attached hydrogens (tertiary/aromatic N) is 3. The molecule has 0 aliphatic heterocycles. The molecule has 0 spiro atoms. The van der Waals surface area contributed by atoms with Crippen molar-refractivity contribution >= 4 is 28.5 Å². The lowest BCUT2D eigenvalue weighted by molar-refractivity contribution is -0.114. The molecule has 0 unspecified atom stereocenters. The number of pyridine rings is 1. The molecule has 0 radical (unpaired) electrons. The van der Waals surface area contributed by atoms with Crippen molar-refractivity contribution in [3.8, 4) is 11.3 Å². The van der Waals surface area contributed by atoms with E-state index in [0.29, 0.717) is 11.7 Å². The minimum atomic E-state index is -0.153. The van der Waals surface area contributed by atoms with Crippen molar-refractivity contribution in [2.24, 2.45) is 0 Å². The number of thiazole rings is 1. The molecule has 1 amide bonds. The Morgan fingerprint density at radius 3 is 2.68 bits per heavy atom. The predicted octanol–water partition coefficient (Wildman–Crippen LogP) is 4.44. The number of anilines is 1. The number of amides is 1. The number of carbonyl (C=O) groups is 1. The van der Waals surface area contributed by atoms with Crippen LogP contribution in [0.5, 0.6) is 0 Å². The number of benzene rings is 1. The Morgan fingerprint density at radius 2 is 1.96 bits per heavy atom.